The molecule has 0 amide bonds. The normalized spacial score (nSPS) is 13.2. The zero-order valence-corrected chi connectivity index (χ0v) is 8.73. The molecule has 0 radical (unpaired) electrons. The van der Waals surface area contributed by atoms with Crippen LogP contribution in [0.2, 0.25) is 0 Å². The van der Waals surface area contributed by atoms with Crippen LogP contribution in [-0.4, -0.2) is 42.3 Å². The predicted octanol–water partition coefficient (Wildman–Crippen LogP) is 0.0297. The fourth-order valence-electron chi connectivity index (χ4n) is 1.03. The number of likely N-dealkylation sites (N-methyl/N-ethyl adjacent to an activating group) is 1. The lowest BCUT2D eigenvalue weighted by Crippen LogP contribution is -2.26. The Morgan fingerprint density at radius 2 is 2.29 bits per heavy atom. The molecule has 2 N–H and O–H groups in total. The second kappa shape index (κ2) is 4.92. The van der Waals surface area contributed by atoms with Crippen LogP contribution in [0.25, 0.3) is 0 Å². The minimum absolute atomic E-state index is 0.178. The van der Waals surface area contributed by atoms with Gasteiger partial charge in [-0.2, -0.15) is 4.98 Å². The highest BCUT2D eigenvalue weighted by Crippen LogP contribution is 2.11. The van der Waals surface area contributed by atoms with E-state index in [1.54, 1.807) is 0 Å². The van der Waals surface area contributed by atoms with Gasteiger partial charge in [0.05, 0.1) is 12.6 Å². The van der Waals surface area contributed by atoms with Gasteiger partial charge in [0, 0.05) is 6.54 Å². The Kier molecular flexibility index (Phi) is 3.84. The molecule has 6 nitrogen and oxygen atoms in total. The maximum Gasteiger partial charge on any atom is 0.417 e. The number of hydrogen-bond acceptors (Lipinski definition) is 6. The summed E-state index contributed by atoms with van der Waals surface area (Å²) in [6, 6.07) is -0.247. The Morgan fingerprint density at radius 3 is 2.86 bits per heavy atom. The van der Waals surface area contributed by atoms with Crippen LogP contribution in [0.5, 0.6) is 6.08 Å². The maximum atomic E-state index is 5.82. The number of ether oxygens (including phenoxy) is 1. The highest BCUT2D eigenvalue weighted by molar-refractivity contribution is 4.96. The average molecular weight is 200 g/mol. The number of rotatable bonds is 5. The van der Waals surface area contributed by atoms with E-state index in [9.17, 15) is 0 Å². The van der Waals surface area contributed by atoms with E-state index < -0.39 is 0 Å². The number of hydrogen-bond donors (Lipinski definition) is 1. The average Bonchev–Trinajstić information content (AvgIpc) is 2.52. The first-order chi connectivity index (χ1) is 6.63. The summed E-state index contributed by atoms with van der Waals surface area (Å²) in [7, 11) is 3.87. The minimum atomic E-state index is -0.247. The third kappa shape index (κ3) is 2.97. The van der Waals surface area contributed by atoms with Gasteiger partial charge in [-0.05, 0) is 21.0 Å². The summed E-state index contributed by atoms with van der Waals surface area (Å²) >= 11 is 0. The van der Waals surface area contributed by atoms with Crippen LogP contribution in [0.4, 0.5) is 0 Å². The molecule has 0 aliphatic heterocycles. The fraction of sp³-hybridized carbons (Fsp3) is 0.750. The summed E-state index contributed by atoms with van der Waals surface area (Å²) < 4.78 is 9.86. The Labute approximate surface area is 83.0 Å². The van der Waals surface area contributed by atoms with Crippen LogP contribution in [0.3, 0.4) is 0 Å². The monoisotopic (exact) mass is 200 g/mol. The van der Waals surface area contributed by atoms with Crippen molar-refractivity contribution in [2.24, 2.45) is 5.73 Å². The van der Waals surface area contributed by atoms with E-state index in [2.05, 4.69) is 10.1 Å². The molecule has 1 rings (SSSR count). The van der Waals surface area contributed by atoms with Crippen molar-refractivity contribution in [2.45, 2.75) is 13.0 Å². The summed E-state index contributed by atoms with van der Waals surface area (Å²) in [4.78, 5) is 5.96. The van der Waals surface area contributed by atoms with Crippen LogP contribution in [0, 0.1) is 0 Å². The molecule has 80 valence electrons. The van der Waals surface area contributed by atoms with E-state index in [1.165, 1.54) is 0 Å². The maximum absolute atomic E-state index is 5.82. The van der Waals surface area contributed by atoms with Gasteiger partial charge in [0.2, 0.25) is 0 Å². The summed E-state index contributed by atoms with van der Waals surface area (Å²) in [6.07, 6.45) is 0.178. The van der Waals surface area contributed by atoms with Gasteiger partial charge in [-0.3, -0.25) is 4.52 Å². The van der Waals surface area contributed by atoms with Crippen molar-refractivity contribution in [2.75, 3.05) is 27.2 Å². The van der Waals surface area contributed by atoms with Gasteiger partial charge in [-0.15, -0.1) is 0 Å². The second-order valence-corrected chi connectivity index (χ2v) is 3.22. The third-order valence-corrected chi connectivity index (χ3v) is 1.58. The lowest BCUT2D eigenvalue weighted by molar-refractivity contribution is 0.214. The van der Waals surface area contributed by atoms with E-state index in [0.29, 0.717) is 19.0 Å². The van der Waals surface area contributed by atoms with Gasteiger partial charge in [-0.1, -0.05) is 5.16 Å². The Bertz CT molecular complexity index is 274. The molecule has 0 fully saturated rings. The Balaban J connectivity index is 2.57. The largest absolute Gasteiger partial charge is 0.449 e. The first kappa shape index (κ1) is 10.9. The van der Waals surface area contributed by atoms with Crippen LogP contribution in [-0.2, 0) is 0 Å². The van der Waals surface area contributed by atoms with E-state index in [4.69, 9.17) is 15.0 Å². The lowest BCUT2D eigenvalue weighted by Gasteiger charge is -2.12. The number of aromatic nitrogens is 2. The SMILES string of the molecule is CCOc1nc(C(N)CN(C)C)no1. The van der Waals surface area contributed by atoms with E-state index in [-0.39, 0.29) is 12.1 Å². The highest BCUT2D eigenvalue weighted by atomic mass is 16.6. The molecule has 1 heterocycles. The quantitative estimate of drug-likeness (QED) is 0.722. The Hall–Kier alpha value is -1.14. The molecule has 0 saturated heterocycles. The fourth-order valence-corrected chi connectivity index (χ4v) is 1.03. The van der Waals surface area contributed by atoms with Crippen molar-refractivity contribution in [3.8, 4) is 6.08 Å². The third-order valence-electron chi connectivity index (χ3n) is 1.58. The first-order valence-electron chi connectivity index (χ1n) is 4.50. The van der Waals surface area contributed by atoms with Gasteiger partial charge in [0.25, 0.3) is 0 Å². The van der Waals surface area contributed by atoms with Crippen LogP contribution in [0.15, 0.2) is 4.52 Å². The van der Waals surface area contributed by atoms with Crippen molar-refractivity contribution in [1.82, 2.24) is 15.0 Å². The Morgan fingerprint density at radius 1 is 1.57 bits per heavy atom. The van der Waals surface area contributed by atoms with Crippen LogP contribution in [0.1, 0.15) is 18.8 Å². The first-order valence-corrected chi connectivity index (χ1v) is 4.50. The molecule has 1 atom stereocenters. The highest BCUT2D eigenvalue weighted by Gasteiger charge is 2.15. The zero-order chi connectivity index (χ0) is 10.6. The molecule has 0 aliphatic carbocycles. The zero-order valence-electron chi connectivity index (χ0n) is 8.73. The van der Waals surface area contributed by atoms with Gasteiger partial charge < -0.3 is 15.4 Å². The van der Waals surface area contributed by atoms with E-state index in [1.807, 2.05) is 25.9 Å². The summed E-state index contributed by atoms with van der Waals surface area (Å²) in [5.41, 5.74) is 5.82. The molecule has 14 heavy (non-hydrogen) atoms. The minimum Gasteiger partial charge on any atom is -0.449 e. The number of nitrogens with zero attached hydrogens (tertiary/aromatic N) is 3. The molecule has 1 aromatic rings. The molecule has 0 bridgehead atoms. The lowest BCUT2D eigenvalue weighted by atomic mass is 10.3. The van der Waals surface area contributed by atoms with E-state index >= 15 is 0 Å². The summed E-state index contributed by atoms with van der Waals surface area (Å²) in [5, 5.41) is 3.72. The van der Waals surface area contributed by atoms with Crippen molar-refractivity contribution in [3.63, 3.8) is 0 Å². The van der Waals surface area contributed by atoms with Crippen molar-refractivity contribution < 1.29 is 9.26 Å². The summed E-state index contributed by atoms with van der Waals surface area (Å²) in [5.74, 6) is 0.474. The molecule has 1 unspecified atom stereocenters. The van der Waals surface area contributed by atoms with Crippen LogP contribution < -0.4 is 10.5 Å². The molecule has 0 aromatic carbocycles. The topological polar surface area (TPSA) is 77.4 Å². The molecule has 6 heteroatoms. The standard InChI is InChI=1S/C8H16N4O2/c1-4-13-8-10-7(11-14-8)6(9)5-12(2)3/h6H,4-5,9H2,1-3H3. The molecule has 0 spiro atoms. The van der Waals surface area contributed by atoms with Gasteiger partial charge in [-0.25, -0.2) is 0 Å². The summed E-state index contributed by atoms with van der Waals surface area (Å²) in [6.45, 7) is 3.03. The number of nitrogens with two attached hydrogens (primary N) is 1. The smallest absolute Gasteiger partial charge is 0.417 e. The van der Waals surface area contributed by atoms with Gasteiger partial charge >= 0.3 is 6.08 Å². The van der Waals surface area contributed by atoms with Crippen LogP contribution >= 0.6 is 0 Å². The molecule has 0 aliphatic rings. The molecular formula is C8H16N4O2. The van der Waals surface area contributed by atoms with Gasteiger partial charge in [0.15, 0.2) is 5.82 Å². The van der Waals surface area contributed by atoms with Crippen molar-refractivity contribution in [1.29, 1.82) is 0 Å². The predicted molar refractivity (Wildman–Crippen MR) is 50.9 cm³/mol. The van der Waals surface area contributed by atoms with E-state index in [0.717, 1.165) is 0 Å². The van der Waals surface area contributed by atoms with Crippen molar-refractivity contribution >= 4 is 0 Å². The molecular weight excluding hydrogens is 184 g/mol. The molecule has 1 aromatic heterocycles. The van der Waals surface area contributed by atoms with Gasteiger partial charge in [0.1, 0.15) is 0 Å². The van der Waals surface area contributed by atoms with Crippen molar-refractivity contribution in [3.05, 3.63) is 5.82 Å². The second-order valence-electron chi connectivity index (χ2n) is 3.22. The molecule has 0 saturated carbocycles.